The van der Waals surface area contributed by atoms with Gasteiger partial charge in [0.15, 0.2) is 11.6 Å². The van der Waals surface area contributed by atoms with Gasteiger partial charge in [-0.15, -0.1) is 0 Å². The number of H-pyrrole nitrogens is 1. The van der Waals surface area contributed by atoms with Gasteiger partial charge in [0.2, 0.25) is 0 Å². The number of nitrogens with zero attached hydrogens (tertiary/aromatic N) is 4. The van der Waals surface area contributed by atoms with Crippen molar-refractivity contribution in [2.45, 2.75) is 6.92 Å². The highest BCUT2D eigenvalue weighted by atomic mass is 16.5. The molecule has 0 spiro atoms. The predicted octanol–water partition coefficient (Wildman–Crippen LogP) is 2.90. The van der Waals surface area contributed by atoms with E-state index in [2.05, 4.69) is 25.3 Å². The number of imidazole rings is 1. The molecule has 0 aliphatic heterocycles. The molecule has 0 aliphatic carbocycles. The van der Waals surface area contributed by atoms with Crippen molar-refractivity contribution in [3.8, 4) is 23.4 Å². The first-order valence-electron chi connectivity index (χ1n) is 10.2. The van der Waals surface area contributed by atoms with Crippen molar-refractivity contribution in [2.24, 2.45) is 11.5 Å². The molecule has 0 fully saturated rings. The molecule has 0 atom stereocenters. The van der Waals surface area contributed by atoms with Crippen molar-refractivity contribution in [1.82, 2.24) is 19.9 Å². The second-order valence-corrected chi connectivity index (χ2v) is 7.59. The molecule has 2 heterocycles. The Morgan fingerprint density at radius 3 is 2.47 bits per heavy atom. The van der Waals surface area contributed by atoms with Crippen molar-refractivity contribution >= 4 is 34.3 Å². The summed E-state index contributed by atoms with van der Waals surface area (Å²) in [7, 11) is 3.71. The molecule has 0 bridgehead atoms. The quantitative estimate of drug-likeness (QED) is 0.178. The number of aromatic amines is 1. The zero-order valence-electron chi connectivity index (χ0n) is 18.8. The van der Waals surface area contributed by atoms with E-state index in [9.17, 15) is 0 Å². The SMILES string of the molecule is Cc1nc2nc(Oc3cccc(NC(=N)N)c3)nc(Oc3ccc(C(=N)N)c(N(C)C)c3)c2[nH]1. The van der Waals surface area contributed by atoms with Crippen molar-refractivity contribution < 1.29 is 9.47 Å². The monoisotopic (exact) mass is 460 g/mol. The number of anilines is 2. The third kappa shape index (κ3) is 4.80. The highest BCUT2D eigenvalue weighted by Gasteiger charge is 2.17. The van der Waals surface area contributed by atoms with Crippen LogP contribution < -0.4 is 31.2 Å². The molecule has 0 saturated heterocycles. The number of nitrogens with one attached hydrogen (secondary N) is 4. The maximum Gasteiger partial charge on any atom is 0.327 e. The Kier molecular flexibility index (Phi) is 5.87. The highest BCUT2D eigenvalue weighted by molar-refractivity contribution is 6.00. The Hall–Kier alpha value is -4.87. The van der Waals surface area contributed by atoms with Gasteiger partial charge in [0, 0.05) is 37.5 Å². The zero-order valence-corrected chi connectivity index (χ0v) is 18.8. The minimum absolute atomic E-state index is 0.0298. The topological polar surface area (TPSA) is 188 Å². The third-order valence-electron chi connectivity index (χ3n) is 4.69. The van der Waals surface area contributed by atoms with Gasteiger partial charge in [0.25, 0.3) is 5.88 Å². The van der Waals surface area contributed by atoms with Gasteiger partial charge in [0.05, 0.1) is 5.69 Å². The maximum atomic E-state index is 7.80. The van der Waals surface area contributed by atoms with Gasteiger partial charge in [0.1, 0.15) is 28.7 Å². The van der Waals surface area contributed by atoms with Crippen LogP contribution in [-0.2, 0) is 0 Å². The smallest absolute Gasteiger partial charge is 0.327 e. The number of aryl methyl sites for hydroxylation is 1. The number of rotatable bonds is 7. The fourth-order valence-corrected chi connectivity index (χ4v) is 3.27. The summed E-state index contributed by atoms with van der Waals surface area (Å²) >= 11 is 0. The number of nitrogen functional groups attached to an aromatic ring is 1. The summed E-state index contributed by atoms with van der Waals surface area (Å²) in [5.74, 6) is 1.55. The number of amidine groups is 1. The maximum absolute atomic E-state index is 7.80. The van der Waals surface area contributed by atoms with Gasteiger partial charge in [-0.2, -0.15) is 9.97 Å². The molecule has 0 radical (unpaired) electrons. The van der Waals surface area contributed by atoms with Gasteiger partial charge < -0.3 is 36.1 Å². The van der Waals surface area contributed by atoms with Crippen LogP contribution in [0.2, 0.25) is 0 Å². The lowest BCUT2D eigenvalue weighted by Crippen LogP contribution is -2.20. The number of ether oxygens (including phenoxy) is 2. The van der Waals surface area contributed by atoms with E-state index in [-0.39, 0.29) is 23.7 Å². The van der Waals surface area contributed by atoms with Crippen molar-refractivity contribution in [3.63, 3.8) is 0 Å². The lowest BCUT2D eigenvalue weighted by atomic mass is 10.1. The molecule has 12 heteroatoms. The fraction of sp³-hybridized carbons (Fsp3) is 0.136. The van der Waals surface area contributed by atoms with Gasteiger partial charge >= 0.3 is 6.01 Å². The van der Waals surface area contributed by atoms with E-state index in [1.807, 2.05) is 19.0 Å². The number of nitrogens with two attached hydrogens (primary N) is 2. The average molecular weight is 461 g/mol. The van der Waals surface area contributed by atoms with Crippen LogP contribution in [0.5, 0.6) is 23.4 Å². The molecule has 0 aliphatic rings. The normalized spacial score (nSPS) is 10.7. The van der Waals surface area contributed by atoms with Crippen molar-refractivity contribution in [2.75, 3.05) is 24.3 Å². The summed E-state index contributed by atoms with van der Waals surface area (Å²) in [6.07, 6.45) is 0. The Morgan fingerprint density at radius 1 is 1.00 bits per heavy atom. The summed E-state index contributed by atoms with van der Waals surface area (Å²) in [4.78, 5) is 18.1. The first-order chi connectivity index (χ1) is 16.2. The summed E-state index contributed by atoms with van der Waals surface area (Å²) < 4.78 is 11.9. The molecule has 4 rings (SSSR count). The Balaban J connectivity index is 1.70. The Morgan fingerprint density at radius 2 is 1.76 bits per heavy atom. The number of guanidine groups is 1. The molecule has 12 nitrogen and oxygen atoms in total. The molecule has 0 unspecified atom stereocenters. The minimum atomic E-state index is -0.189. The van der Waals surface area contributed by atoms with Crippen molar-refractivity contribution in [3.05, 3.63) is 53.9 Å². The van der Waals surface area contributed by atoms with E-state index in [1.54, 1.807) is 49.4 Å². The van der Waals surface area contributed by atoms with E-state index in [0.717, 1.165) is 5.69 Å². The number of benzene rings is 2. The Bertz CT molecular complexity index is 1400. The first-order valence-corrected chi connectivity index (χ1v) is 10.2. The van der Waals surface area contributed by atoms with Gasteiger partial charge in [-0.1, -0.05) is 6.07 Å². The predicted molar refractivity (Wildman–Crippen MR) is 130 cm³/mol. The van der Waals surface area contributed by atoms with Gasteiger partial charge in [-0.05, 0) is 31.2 Å². The summed E-state index contributed by atoms with van der Waals surface area (Å²) in [5, 5.41) is 17.9. The van der Waals surface area contributed by atoms with Crippen LogP contribution in [0.1, 0.15) is 11.4 Å². The standard InChI is InChI=1S/C22H24N10O2/c1-11-27-17-19(28-11)30-22(34-13-6-4-5-12(9-13)29-21(25)26)31-20(17)33-14-7-8-15(18(23)24)16(10-14)32(2)3/h4-10H,1-3H3,(H3,23,24)(H4,25,26,29)(H,27,28,30,31). The van der Waals surface area contributed by atoms with Crippen LogP contribution in [0, 0.1) is 17.7 Å². The lowest BCUT2D eigenvalue weighted by Gasteiger charge is -2.18. The van der Waals surface area contributed by atoms with Crippen LogP contribution in [0.4, 0.5) is 11.4 Å². The van der Waals surface area contributed by atoms with Crippen LogP contribution in [0.15, 0.2) is 42.5 Å². The molecule has 174 valence electrons. The first kappa shape index (κ1) is 22.3. The fourth-order valence-electron chi connectivity index (χ4n) is 3.27. The molecule has 2 aromatic carbocycles. The van der Waals surface area contributed by atoms with E-state index in [1.165, 1.54) is 0 Å². The summed E-state index contributed by atoms with van der Waals surface area (Å²) in [6.45, 7) is 1.80. The van der Waals surface area contributed by atoms with Crippen LogP contribution in [0.3, 0.4) is 0 Å². The number of hydrogen-bond donors (Lipinski definition) is 6. The van der Waals surface area contributed by atoms with Gasteiger partial charge in [-0.25, -0.2) is 4.98 Å². The molecule has 8 N–H and O–H groups in total. The molecule has 2 aromatic heterocycles. The van der Waals surface area contributed by atoms with E-state index in [4.69, 9.17) is 31.8 Å². The lowest BCUT2D eigenvalue weighted by molar-refractivity contribution is 0.416. The summed E-state index contributed by atoms with van der Waals surface area (Å²) in [5.41, 5.74) is 13.9. The molecular formula is C22H24N10O2. The van der Waals surface area contributed by atoms with E-state index < -0.39 is 0 Å². The van der Waals surface area contributed by atoms with Crippen LogP contribution in [-0.4, -0.2) is 45.8 Å². The second-order valence-electron chi connectivity index (χ2n) is 7.59. The molecule has 4 aromatic rings. The molecular weight excluding hydrogens is 436 g/mol. The van der Waals surface area contributed by atoms with Crippen LogP contribution >= 0.6 is 0 Å². The number of aromatic nitrogens is 4. The van der Waals surface area contributed by atoms with E-state index >= 15 is 0 Å². The van der Waals surface area contributed by atoms with Crippen molar-refractivity contribution in [1.29, 1.82) is 10.8 Å². The average Bonchev–Trinajstić information content (AvgIpc) is 3.13. The third-order valence-corrected chi connectivity index (χ3v) is 4.69. The van der Waals surface area contributed by atoms with Gasteiger partial charge in [-0.3, -0.25) is 10.8 Å². The minimum Gasteiger partial charge on any atom is -0.437 e. The molecule has 34 heavy (non-hydrogen) atoms. The second kappa shape index (κ2) is 8.94. The Labute approximate surface area is 195 Å². The zero-order chi connectivity index (χ0) is 24.4. The largest absolute Gasteiger partial charge is 0.437 e. The molecule has 0 amide bonds. The van der Waals surface area contributed by atoms with E-state index in [0.29, 0.717) is 39.7 Å². The highest BCUT2D eigenvalue weighted by Crippen LogP contribution is 2.32. The van der Waals surface area contributed by atoms with Crippen LogP contribution in [0.25, 0.3) is 11.2 Å². The number of fused-ring (bicyclic) bond motifs is 1. The molecule has 0 saturated carbocycles. The summed E-state index contributed by atoms with van der Waals surface area (Å²) in [6, 6.07) is 12.1. The number of hydrogen-bond acceptors (Lipinski definition) is 8.